The molecule has 2 rings (SSSR count). The third kappa shape index (κ3) is 3.35. The zero-order valence-electron chi connectivity index (χ0n) is 11.2. The molecule has 0 amide bonds. The highest BCUT2D eigenvalue weighted by Gasteiger charge is 2.18. The number of aryl methyl sites for hydroxylation is 1. The van der Waals surface area contributed by atoms with Gasteiger partial charge in [0, 0.05) is 18.6 Å². The second-order valence-corrected chi connectivity index (χ2v) is 4.55. The van der Waals surface area contributed by atoms with E-state index >= 15 is 0 Å². The number of pyridine rings is 2. The number of rotatable bonds is 5. The minimum atomic E-state index is -0.294. The van der Waals surface area contributed by atoms with Crippen LogP contribution < -0.4 is 5.32 Å². The van der Waals surface area contributed by atoms with Crippen LogP contribution in [0.1, 0.15) is 36.2 Å². The van der Waals surface area contributed by atoms with E-state index in [1.165, 1.54) is 6.07 Å². The molecule has 0 radical (unpaired) electrons. The minimum absolute atomic E-state index is 0.256. The zero-order chi connectivity index (χ0) is 13.7. The van der Waals surface area contributed by atoms with Gasteiger partial charge in [-0.2, -0.15) is 0 Å². The summed E-state index contributed by atoms with van der Waals surface area (Å²) in [5.41, 5.74) is 2.41. The zero-order valence-corrected chi connectivity index (χ0v) is 11.2. The van der Waals surface area contributed by atoms with Crippen molar-refractivity contribution in [3.8, 4) is 0 Å². The first-order valence-corrected chi connectivity index (χ1v) is 6.47. The van der Waals surface area contributed by atoms with Crippen LogP contribution >= 0.6 is 0 Å². The largest absolute Gasteiger partial charge is 0.305 e. The molecule has 1 unspecified atom stereocenters. The molecule has 100 valence electrons. The Morgan fingerprint density at radius 1 is 1.37 bits per heavy atom. The van der Waals surface area contributed by atoms with Gasteiger partial charge in [0.2, 0.25) is 0 Å². The fourth-order valence-electron chi connectivity index (χ4n) is 2.01. The van der Waals surface area contributed by atoms with Crippen LogP contribution in [-0.2, 0) is 0 Å². The highest BCUT2D eigenvalue weighted by molar-refractivity contribution is 5.28. The van der Waals surface area contributed by atoms with Gasteiger partial charge in [-0.15, -0.1) is 0 Å². The molecule has 0 aromatic carbocycles. The van der Waals surface area contributed by atoms with E-state index in [4.69, 9.17) is 0 Å². The summed E-state index contributed by atoms with van der Waals surface area (Å²) in [5, 5.41) is 3.33. The second kappa shape index (κ2) is 6.38. The van der Waals surface area contributed by atoms with Crippen molar-refractivity contribution in [1.82, 2.24) is 15.3 Å². The monoisotopic (exact) mass is 259 g/mol. The average Bonchev–Trinajstić information content (AvgIpc) is 2.41. The Hall–Kier alpha value is -1.81. The summed E-state index contributed by atoms with van der Waals surface area (Å²) in [6.45, 7) is 4.85. The number of hydrogen-bond acceptors (Lipinski definition) is 3. The second-order valence-electron chi connectivity index (χ2n) is 4.55. The van der Waals surface area contributed by atoms with Crippen molar-refractivity contribution in [3.05, 3.63) is 59.4 Å². The molecule has 2 heterocycles. The van der Waals surface area contributed by atoms with Gasteiger partial charge in [-0.1, -0.05) is 13.0 Å². The Kier molecular flexibility index (Phi) is 4.58. The van der Waals surface area contributed by atoms with E-state index < -0.39 is 0 Å². The van der Waals surface area contributed by atoms with Crippen LogP contribution in [0.2, 0.25) is 0 Å². The van der Waals surface area contributed by atoms with Crippen molar-refractivity contribution in [1.29, 1.82) is 0 Å². The third-order valence-corrected chi connectivity index (χ3v) is 2.89. The molecule has 0 fully saturated rings. The summed E-state index contributed by atoms with van der Waals surface area (Å²) < 4.78 is 13.9. The van der Waals surface area contributed by atoms with Crippen LogP contribution in [0.5, 0.6) is 0 Å². The lowest BCUT2D eigenvalue weighted by molar-refractivity contribution is 0.530. The molecule has 3 nitrogen and oxygen atoms in total. The maximum atomic E-state index is 13.9. The molecule has 19 heavy (non-hydrogen) atoms. The topological polar surface area (TPSA) is 37.8 Å². The van der Waals surface area contributed by atoms with E-state index in [0.717, 1.165) is 24.1 Å². The molecule has 0 bridgehead atoms. The van der Waals surface area contributed by atoms with Crippen LogP contribution in [0.15, 0.2) is 36.8 Å². The average molecular weight is 259 g/mol. The van der Waals surface area contributed by atoms with Crippen molar-refractivity contribution in [2.24, 2.45) is 0 Å². The van der Waals surface area contributed by atoms with Crippen LogP contribution in [0.25, 0.3) is 0 Å². The Morgan fingerprint density at radius 2 is 2.21 bits per heavy atom. The smallest absolute Gasteiger partial charge is 0.146 e. The molecule has 4 heteroatoms. The van der Waals surface area contributed by atoms with Crippen molar-refractivity contribution in [2.45, 2.75) is 26.3 Å². The van der Waals surface area contributed by atoms with Crippen LogP contribution in [-0.4, -0.2) is 16.5 Å². The molecule has 1 N–H and O–H groups in total. The maximum Gasteiger partial charge on any atom is 0.146 e. The first kappa shape index (κ1) is 13.6. The van der Waals surface area contributed by atoms with Crippen molar-refractivity contribution in [2.75, 3.05) is 6.54 Å². The normalized spacial score (nSPS) is 12.4. The van der Waals surface area contributed by atoms with Gasteiger partial charge < -0.3 is 5.32 Å². The summed E-state index contributed by atoms with van der Waals surface area (Å²) >= 11 is 0. The van der Waals surface area contributed by atoms with Crippen LogP contribution in [0.4, 0.5) is 4.39 Å². The molecule has 1 atom stereocenters. The van der Waals surface area contributed by atoms with Gasteiger partial charge in [-0.3, -0.25) is 9.97 Å². The quantitative estimate of drug-likeness (QED) is 0.897. The Morgan fingerprint density at radius 3 is 2.89 bits per heavy atom. The number of aromatic nitrogens is 2. The molecule has 2 aromatic heterocycles. The van der Waals surface area contributed by atoms with Gasteiger partial charge in [-0.25, -0.2) is 4.39 Å². The van der Waals surface area contributed by atoms with Gasteiger partial charge >= 0.3 is 0 Å². The Labute approximate surface area is 112 Å². The predicted molar refractivity (Wildman–Crippen MR) is 73.3 cm³/mol. The summed E-state index contributed by atoms with van der Waals surface area (Å²) in [7, 11) is 0. The van der Waals surface area contributed by atoms with Crippen molar-refractivity contribution >= 4 is 0 Å². The molecule has 0 aliphatic carbocycles. The fourth-order valence-corrected chi connectivity index (χ4v) is 2.01. The van der Waals surface area contributed by atoms with Gasteiger partial charge in [0.15, 0.2) is 0 Å². The lowest BCUT2D eigenvalue weighted by atomic mass is 10.0. The van der Waals surface area contributed by atoms with Gasteiger partial charge in [0.1, 0.15) is 5.82 Å². The summed E-state index contributed by atoms with van der Waals surface area (Å²) in [5.74, 6) is -0.294. The third-order valence-electron chi connectivity index (χ3n) is 2.89. The van der Waals surface area contributed by atoms with E-state index in [-0.39, 0.29) is 11.9 Å². The SMILES string of the molecule is CCCNC(c1cncc(C)c1)c1ncccc1F. The van der Waals surface area contributed by atoms with Gasteiger partial charge in [0.25, 0.3) is 0 Å². The molecule has 0 aliphatic heterocycles. The summed E-state index contributed by atoms with van der Waals surface area (Å²) in [6, 6.07) is 4.79. The highest BCUT2D eigenvalue weighted by Crippen LogP contribution is 2.22. The number of hydrogen-bond donors (Lipinski definition) is 1. The van der Waals surface area contributed by atoms with Gasteiger partial charge in [-0.05, 0) is 43.1 Å². The minimum Gasteiger partial charge on any atom is -0.305 e. The Bertz CT molecular complexity index is 542. The number of nitrogens with zero attached hydrogens (tertiary/aromatic N) is 2. The molecular weight excluding hydrogens is 241 g/mol. The predicted octanol–water partition coefficient (Wildman–Crippen LogP) is 3.01. The highest BCUT2D eigenvalue weighted by atomic mass is 19.1. The van der Waals surface area contributed by atoms with E-state index in [0.29, 0.717) is 5.69 Å². The fraction of sp³-hybridized carbons (Fsp3) is 0.333. The Balaban J connectivity index is 2.38. The van der Waals surface area contributed by atoms with Crippen LogP contribution in [0, 0.1) is 12.7 Å². The van der Waals surface area contributed by atoms with E-state index in [1.54, 1.807) is 24.7 Å². The van der Waals surface area contributed by atoms with Crippen molar-refractivity contribution in [3.63, 3.8) is 0 Å². The molecule has 0 saturated heterocycles. The molecule has 0 spiro atoms. The first-order valence-electron chi connectivity index (χ1n) is 6.47. The van der Waals surface area contributed by atoms with Crippen LogP contribution in [0.3, 0.4) is 0 Å². The lowest BCUT2D eigenvalue weighted by Crippen LogP contribution is -2.25. The molecular formula is C15H18FN3. The summed E-state index contributed by atoms with van der Waals surface area (Å²) in [6.07, 6.45) is 6.13. The first-order chi connectivity index (χ1) is 9.22. The van der Waals surface area contributed by atoms with Crippen molar-refractivity contribution < 1.29 is 4.39 Å². The molecule has 0 aliphatic rings. The van der Waals surface area contributed by atoms with E-state index in [2.05, 4.69) is 22.2 Å². The maximum absolute atomic E-state index is 13.9. The number of halogens is 1. The van der Waals surface area contributed by atoms with E-state index in [1.807, 2.05) is 13.0 Å². The molecule has 0 saturated carbocycles. The summed E-state index contributed by atoms with van der Waals surface area (Å²) in [4.78, 5) is 8.35. The van der Waals surface area contributed by atoms with Gasteiger partial charge in [0.05, 0.1) is 11.7 Å². The molecule has 2 aromatic rings. The standard InChI is InChI=1S/C15H18FN3/c1-3-6-18-14(12-8-11(2)9-17-10-12)15-13(16)5-4-7-19-15/h4-5,7-10,14,18H,3,6H2,1-2H3. The number of nitrogens with one attached hydrogen (secondary N) is 1. The lowest BCUT2D eigenvalue weighted by Gasteiger charge is -2.19. The van der Waals surface area contributed by atoms with E-state index in [9.17, 15) is 4.39 Å².